The Morgan fingerprint density at radius 2 is 1.97 bits per heavy atom. The third-order valence-electron chi connectivity index (χ3n) is 5.87. The van der Waals surface area contributed by atoms with E-state index in [4.69, 9.17) is 0 Å². The van der Waals surface area contributed by atoms with Crippen molar-refractivity contribution in [1.82, 2.24) is 0 Å². The first-order valence-electron chi connectivity index (χ1n) is 10.9. The lowest BCUT2D eigenvalue weighted by molar-refractivity contribution is -0.121. The summed E-state index contributed by atoms with van der Waals surface area (Å²) in [6.07, 6.45) is 10.1. The molecule has 1 aliphatic carbocycles. The number of hydrogen-bond acceptors (Lipinski definition) is 4. The van der Waals surface area contributed by atoms with Crippen molar-refractivity contribution in [3.63, 3.8) is 0 Å². The SMILES string of the molecule is CCP(=O)(O)CCC/C=C\C[C@H]1C(=O)C[C@@H](O)[C@@H]1CC[C@@H](O)/C=C/c1ccccc1. The number of Topliss-reactive ketones (excluding diaryl/α,β-unsaturated/α-hetero) is 1. The van der Waals surface area contributed by atoms with Crippen molar-refractivity contribution in [1.29, 1.82) is 0 Å². The first-order chi connectivity index (χ1) is 14.3. The summed E-state index contributed by atoms with van der Waals surface area (Å²) in [4.78, 5) is 21.9. The Morgan fingerprint density at radius 1 is 1.23 bits per heavy atom. The van der Waals surface area contributed by atoms with Gasteiger partial charge in [-0.3, -0.25) is 9.36 Å². The molecule has 5 nitrogen and oxygen atoms in total. The van der Waals surface area contributed by atoms with Crippen molar-refractivity contribution >= 4 is 19.2 Å². The highest BCUT2D eigenvalue weighted by Crippen LogP contribution is 2.40. The molecule has 1 fully saturated rings. The van der Waals surface area contributed by atoms with Gasteiger partial charge in [-0.25, -0.2) is 0 Å². The predicted molar refractivity (Wildman–Crippen MR) is 122 cm³/mol. The molecule has 1 unspecified atom stereocenters. The molecule has 0 amide bonds. The largest absolute Gasteiger partial charge is 0.392 e. The molecule has 0 aromatic heterocycles. The molecule has 0 aliphatic heterocycles. The Hall–Kier alpha value is -1.52. The van der Waals surface area contributed by atoms with Crippen molar-refractivity contribution < 1.29 is 24.5 Å². The van der Waals surface area contributed by atoms with Crippen molar-refractivity contribution in [3.8, 4) is 0 Å². The molecule has 0 radical (unpaired) electrons. The zero-order valence-electron chi connectivity index (χ0n) is 17.8. The molecule has 0 heterocycles. The van der Waals surface area contributed by atoms with Gasteiger partial charge in [0.05, 0.1) is 12.2 Å². The van der Waals surface area contributed by atoms with E-state index < -0.39 is 19.6 Å². The average molecular weight is 435 g/mol. The fourth-order valence-electron chi connectivity index (χ4n) is 3.94. The number of unbranched alkanes of at least 4 members (excludes halogenated alkanes) is 1. The van der Waals surface area contributed by atoms with Crippen LogP contribution in [0.3, 0.4) is 0 Å². The minimum absolute atomic E-state index is 0.0808. The number of carbonyl (C=O) groups excluding carboxylic acids is 1. The Labute approximate surface area is 180 Å². The molecule has 1 aliphatic rings. The van der Waals surface area contributed by atoms with Crippen LogP contribution in [-0.4, -0.2) is 45.4 Å². The Morgan fingerprint density at radius 3 is 2.67 bits per heavy atom. The maximum atomic E-state index is 12.3. The molecule has 166 valence electrons. The number of hydrogen-bond donors (Lipinski definition) is 3. The topological polar surface area (TPSA) is 94.8 Å². The first-order valence-corrected chi connectivity index (χ1v) is 12.9. The second-order valence-electron chi connectivity index (χ2n) is 8.16. The normalized spacial score (nSPS) is 25.2. The molecular weight excluding hydrogens is 399 g/mol. The van der Waals surface area contributed by atoms with E-state index in [0.29, 0.717) is 44.4 Å². The lowest BCUT2D eigenvalue weighted by Crippen LogP contribution is -2.22. The van der Waals surface area contributed by atoms with Crippen LogP contribution in [0.15, 0.2) is 48.6 Å². The van der Waals surface area contributed by atoms with Crippen molar-refractivity contribution in [2.45, 2.75) is 57.7 Å². The van der Waals surface area contributed by atoms with Crippen LogP contribution in [0.2, 0.25) is 0 Å². The molecule has 2 rings (SSSR count). The van der Waals surface area contributed by atoms with Crippen molar-refractivity contribution in [3.05, 3.63) is 54.1 Å². The monoisotopic (exact) mass is 434 g/mol. The van der Waals surface area contributed by atoms with E-state index in [9.17, 15) is 24.5 Å². The Bertz CT molecular complexity index is 758. The molecule has 1 aromatic rings. The third kappa shape index (κ3) is 8.31. The molecule has 1 aromatic carbocycles. The fourth-order valence-corrected chi connectivity index (χ4v) is 4.93. The number of aliphatic hydroxyl groups is 2. The molecule has 3 N–H and O–H groups in total. The van der Waals surface area contributed by atoms with Crippen LogP contribution >= 0.6 is 7.37 Å². The smallest absolute Gasteiger partial charge is 0.200 e. The van der Waals surface area contributed by atoms with E-state index in [1.54, 1.807) is 13.0 Å². The van der Waals surface area contributed by atoms with Gasteiger partial charge in [-0.2, -0.15) is 0 Å². The second-order valence-corrected chi connectivity index (χ2v) is 10.9. The van der Waals surface area contributed by atoms with Gasteiger partial charge >= 0.3 is 0 Å². The zero-order valence-corrected chi connectivity index (χ0v) is 18.7. The maximum absolute atomic E-state index is 12.3. The maximum Gasteiger partial charge on any atom is 0.200 e. The Kier molecular flexibility index (Phi) is 10.2. The van der Waals surface area contributed by atoms with Crippen LogP contribution in [0.1, 0.15) is 51.0 Å². The molecular formula is C24H35O5P. The molecule has 5 atom stereocenters. The quantitative estimate of drug-likeness (QED) is 0.257. The fraction of sp³-hybridized carbons (Fsp3) is 0.542. The highest BCUT2D eigenvalue weighted by Gasteiger charge is 2.40. The van der Waals surface area contributed by atoms with Crippen LogP contribution in [0.25, 0.3) is 6.08 Å². The van der Waals surface area contributed by atoms with E-state index in [1.165, 1.54) is 0 Å². The highest BCUT2D eigenvalue weighted by atomic mass is 31.2. The lowest BCUT2D eigenvalue weighted by atomic mass is 9.86. The summed E-state index contributed by atoms with van der Waals surface area (Å²) >= 11 is 0. The number of ketones is 1. The van der Waals surface area contributed by atoms with Crippen molar-refractivity contribution in [2.75, 3.05) is 12.3 Å². The summed E-state index contributed by atoms with van der Waals surface area (Å²) in [5, 5.41) is 20.6. The van der Waals surface area contributed by atoms with Crippen LogP contribution in [0.4, 0.5) is 0 Å². The van der Waals surface area contributed by atoms with Gasteiger partial charge in [0, 0.05) is 24.7 Å². The summed E-state index contributed by atoms with van der Waals surface area (Å²) in [5.74, 6) is -0.280. The van der Waals surface area contributed by atoms with E-state index in [2.05, 4.69) is 0 Å². The predicted octanol–water partition coefficient (Wildman–Crippen LogP) is 4.42. The molecule has 30 heavy (non-hydrogen) atoms. The molecule has 0 bridgehead atoms. The van der Waals surface area contributed by atoms with Gasteiger partial charge in [0.2, 0.25) is 0 Å². The Balaban J connectivity index is 1.79. The highest BCUT2D eigenvalue weighted by molar-refractivity contribution is 7.57. The van der Waals surface area contributed by atoms with Gasteiger partial charge in [-0.1, -0.05) is 61.6 Å². The molecule has 0 spiro atoms. The van der Waals surface area contributed by atoms with Gasteiger partial charge in [0.25, 0.3) is 0 Å². The van der Waals surface area contributed by atoms with Crippen LogP contribution in [0, 0.1) is 11.8 Å². The minimum Gasteiger partial charge on any atom is -0.392 e. The average Bonchev–Trinajstić information content (AvgIpc) is 3.00. The molecule has 0 saturated heterocycles. The van der Waals surface area contributed by atoms with Crippen LogP contribution in [0.5, 0.6) is 0 Å². The van der Waals surface area contributed by atoms with Crippen LogP contribution < -0.4 is 0 Å². The number of carbonyl (C=O) groups is 1. The summed E-state index contributed by atoms with van der Waals surface area (Å²) in [5.41, 5.74) is 1.02. The van der Waals surface area contributed by atoms with Gasteiger partial charge in [0.1, 0.15) is 5.78 Å². The number of aliphatic hydroxyl groups excluding tert-OH is 2. The molecule has 1 saturated carbocycles. The summed E-state index contributed by atoms with van der Waals surface area (Å²) in [6.45, 7) is 1.72. The summed E-state index contributed by atoms with van der Waals surface area (Å²) in [6, 6.07) is 9.75. The van der Waals surface area contributed by atoms with E-state index in [-0.39, 0.29) is 24.0 Å². The zero-order chi connectivity index (χ0) is 22.0. The lowest BCUT2D eigenvalue weighted by Gasteiger charge is -2.20. The van der Waals surface area contributed by atoms with Crippen LogP contribution in [-0.2, 0) is 9.36 Å². The minimum atomic E-state index is -2.97. The van der Waals surface area contributed by atoms with E-state index in [0.717, 1.165) is 5.56 Å². The van der Waals surface area contributed by atoms with Gasteiger partial charge in [-0.15, -0.1) is 0 Å². The number of benzene rings is 1. The number of rotatable bonds is 12. The first kappa shape index (κ1) is 24.7. The van der Waals surface area contributed by atoms with E-state index in [1.807, 2.05) is 48.6 Å². The third-order valence-corrected chi connectivity index (χ3v) is 7.87. The standard InChI is InChI=1S/C24H35O5P/c1-2-30(28,29)17-9-4-3-8-12-21-22(24(27)18-23(21)26)16-15-20(25)14-13-19-10-6-5-7-11-19/h3,5-8,10-11,13-14,20-22,24-25,27H,2,4,9,12,15-18H2,1H3,(H,28,29)/b8-3-,14-13+/t20-,21+,22+,24+/m0/s1. The van der Waals surface area contributed by atoms with Gasteiger partial charge in [0.15, 0.2) is 7.37 Å². The van der Waals surface area contributed by atoms with Crippen molar-refractivity contribution in [2.24, 2.45) is 11.8 Å². The summed E-state index contributed by atoms with van der Waals surface area (Å²) in [7, 11) is -2.97. The summed E-state index contributed by atoms with van der Waals surface area (Å²) < 4.78 is 11.6. The van der Waals surface area contributed by atoms with E-state index >= 15 is 0 Å². The second kappa shape index (κ2) is 12.4. The van der Waals surface area contributed by atoms with Gasteiger partial charge < -0.3 is 15.1 Å². The number of allylic oxidation sites excluding steroid dienone is 2. The van der Waals surface area contributed by atoms with Gasteiger partial charge in [-0.05, 0) is 43.6 Å². The molecule has 6 heteroatoms.